The van der Waals surface area contributed by atoms with E-state index in [-0.39, 0.29) is 0 Å². The number of aromatic nitrogens is 2. The fourth-order valence-corrected chi connectivity index (χ4v) is 4.62. The zero-order valence-electron chi connectivity index (χ0n) is 15.2. The first-order chi connectivity index (χ1) is 13.3. The van der Waals surface area contributed by atoms with Crippen molar-refractivity contribution in [1.29, 1.82) is 0 Å². The number of hydrogen-bond donors (Lipinski definition) is 0. The maximum absolute atomic E-state index is 5.53. The summed E-state index contributed by atoms with van der Waals surface area (Å²) in [6.07, 6.45) is 5.78. The Morgan fingerprint density at radius 1 is 1.19 bits per heavy atom. The normalized spacial score (nSPS) is 16.9. The van der Waals surface area contributed by atoms with Crippen LogP contribution in [-0.4, -0.2) is 49.0 Å². The minimum Gasteiger partial charge on any atom is -0.378 e. The zero-order valence-corrected chi connectivity index (χ0v) is 16.0. The third kappa shape index (κ3) is 2.95. The highest BCUT2D eigenvalue weighted by Gasteiger charge is 2.20. The van der Waals surface area contributed by atoms with Gasteiger partial charge >= 0.3 is 0 Å². The molecule has 0 saturated carbocycles. The lowest BCUT2D eigenvalue weighted by atomic mass is 10.0. The van der Waals surface area contributed by atoms with Gasteiger partial charge in [0.15, 0.2) is 0 Å². The summed E-state index contributed by atoms with van der Waals surface area (Å²) < 4.78 is 5.53. The molecule has 1 saturated heterocycles. The van der Waals surface area contributed by atoms with E-state index in [1.165, 1.54) is 16.0 Å². The van der Waals surface area contributed by atoms with E-state index in [2.05, 4.69) is 45.4 Å². The molecule has 6 heteroatoms. The number of nitrogens with zero attached hydrogens (tertiary/aromatic N) is 4. The molecule has 3 aromatic heterocycles. The lowest BCUT2D eigenvalue weighted by molar-refractivity contribution is 0.122. The summed E-state index contributed by atoms with van der Waals surface area (Å²) in [5, 5.41) is 3.30. The topological polar surface area (TPSA) is 50.6 Å². The van der Waals surface area contributed by atoms with Gasteiger partial charge in [-0.2, -0.15) is 0 Å². The van der Waals surface area contributed by atoms with Crippen molar-refractivity contribution < 1.29 is 4.74 Å². The highest BCUT2D eigenvalue weighted by atomic mass is 32.1. The highest BCUT2D eigenvalue weighted by Crippen LogP contribution is 2.38. The number of hydrogen-bond acceptors (Lipinski definition) is 6. The number of fused-ring (bicyclic) bond motifs is 1. The minimum absolute atomic E-state index is 0.670. The molecule has 2 aliphatic rings. The van der Waals surface area contributed by atoms with Crippen LogP contribution in [0.15, 0.2) is 40.8 Å². The van der Waals surface area contributed by atoms with Crippen molar-refractivity contribution >= 4 is 39.8 Å². The molecule has 0 atom stereocenters. The first-order valence-electron chi connectivity index (χ1n) is 9.17. The van der Waals surface area contributed by atoms with Crippen LogP contribution in [0.4, 0.5) is 5.82 Å². The molecule has 0 amide bonds. The molecule has 5 nitrogen and oxygen atoms in total. The van der Waals surface area contributed by atoms with E-state index in [0.717, 1.165) is 54.3 Å². The number of rotatable bonds is 3. The van der Waals surface area contributed by atoms with Gasteiger partial charge in [0, 0.05) is 46.9 Å². The molecular formula is C21H20N4OS. The average Bonchev–Trinajstić information content (AvgIpc) is 3.39. The molecule has 2 aliphatic heterocycles. The van der Waals surface area contributed by atoms with Gasteiger partial charge in [-0.25, -0.2) is 4.98 Å². The molecular weight excluding hydrogens is 356 g/mol. The summed E-state index contributed by atoms with van der Waals surface area (Å²) >= 11 is 1.78. The summed E-state index contributed by atoms with van der Waals surface area (Å²) in [7, 11) is 0. The Morgan fingerprint density at radius 2 is 2.07 bits per heavy atom. The van der Waals surface area contributed by atoms with Gasteiger partial charge in [-0.05, 0) is 42.1 Å². The van der Waals surface area contributed by atoms with Crippen LogP contribution in [0.3, 0.4) is 0 Å². The van der Waals surface area contributed by atoms with Crippen LogP contribution in [-0.2, 0) is 4.74 Å². The van der Waals surface area contributed by atoms with Crippen LogP contribution in [0.5, 0.6) is 0 Å². The molecule has 0 radical (unpaired) electrons. The van der Waals surface area contributed by atoms with Crippen molar-refractivity contribution in [3.8, 4) is 10.4 Å². The fraction of sp³-hybridized carbons (Fsp3) is 0.286. The Hall–Kier alpha value is -2.57. The average molecular weight is 376 g/mol. The number of thiophene rings is 1. The van der Waals surface area contributed by atoms with Crippen molar-refractivity contribution in [2.75, 3.05) is 37.7 Å². The number of pyridine rings is 2. The zero-order chi connectivity index (χ0) is 18.2. The molecule has 0 aromatic carbocycles. The van der Waals surface area contributed by atoms with Gasteiger partial charge in [-0.15, -0.1) is 11.3 Å². The van der Waals surface area contributed by atoms with E-state index < -0.39 is 0 Å². The summed E-state index contributed by atoms with van der Waals surface area (Å²) in [4.78, 5) is 17.7. The second kappa shape index (κ2) is 6.87. The van der Waals surface area contributed by atoms with E-state index in [1.807, 2.05) is 18.5 Å². The number of aryl methyl sites for hydroxylation is 1. The van der Waals surface area contributed by atoms with E-state index in [1.54, 1.807) is 11.3 Å². The number of aliphatic imine (C=N–C) groups is 1. The van der Waals surface area contributed by atoms with Crippen molar-refractivity contribution in [1.82, 2.24) is 9.97 Å². The quantitative estimate of drug-likeness (QED) is 0.694. The van der Waals surface area contributed by atoms with Crippen molar-refractivity contribution in [3.05, 3.63) is 47.1 Å². The summed E-state index contributed by atoms with van der Waals surface area (Å²) in [5.41, 5.74) is 5.55. The Bertz CT molecular complexity index is 1060. The maximum Gasteiger partial charge on any atom is 0.130 e. The summed E-state index contributed by atoms with van der Waals surface area (Å²) in [5.74, 6) is 1.00. The second-order valence-corrected chi connectivity index (χ2v) is 7.71. The van der Waals surface area contributed by atoms with Gasteiger partial charge in [0.1, 0.15) is 5.82 Å². The molecule has 136 valence electrons. The molecule has 0 N–H and O–H groups in total. The van der Waals surface area contributed by atoms with E-state index >= 15 is 0 Å². The standard InChI is InChI=1S/C21H20N4OS/c1-14-4-11-27-21(14)17-12-18(25-7-9-26-10-8-25)24-20-16(17)3-6-23-19(20)15-2-5-22-13-15/h2-6,11-12H,7-10,13H2,1H3. The van der Waals surface area contributed by atoms with Crippen LogP contribution in [0, 0.1) is 6.92 Å². The SMILES string of the molecule is Cc1ccsc1-c1cc(N2CCOCC2)nc2c(C3=CC=NC3)nccc12. The molecule has 0 bridgehead atoms. The van der Waals surface area contributed by atoms with Gasteiger partial charge in [-0.1, -0.05) is 0 Å². The van der Waals surface area contributed by atoms with Gasteiger partial charge in [0.05, 0.1) is 31.0 Å². The van der Waals surface area contributed by atoms with Gasteiger partial charge in [0.2, 0.25) is 0 Å². The smallest absolute Gasteiger partial charge is 0.130 e. The molecule has 5 rings (SSSR count). The molecule has 5 heterocycles. The van der Waals surface area contributed by atoms with Crippen molar-refractivity contribution in [3.63, 3.8) is 0 Å². The highest BCUT2D eigenvalue weighted by molar-refractivity contribution is 7.13. The Kier molecular flexibility index (Phi) is 4.22. The van der Waals surface area contributed by atoms with Crippen LogP contribution < -0.4 is 4.90 Å². The first kappa shape index (κ1) is 16.6. The Balaban J connectivity index is 1.76. The number of allylic oxidation sites excluding steroid dienone is 1. The minimum atomic E-state index is 0.670. The van der Waals surface area contributed by atoms with Crippen LogP contribution in [0.25, 0.3) is 26.9 Å². The van der Waals surface area contributed by atoms with E-state index in [9.17, 15) is 0 Å². The predicted octanol–water partition coefficient (Wildman–Crippen LogP) is 3.97. The molecule has 0 spiro atoms. The Labute approximate surface area is 162 Å². The maximum atomic E-state index is 5.53. The number of morpholine rings is 1. The predicted molar refractivity (Wildman–Crippen MR) is 112 cm³/mol. The van der Waals surface area contributed by atoms with Gasteiger partial charge in [0.25, 0.3) is 0 Å². The molecule has 27 heavy (non-hydrogen) atoms. The van der Waals surface area contributed by atoms with Gasteiger partial charge < -0.3 is 9.64 Å². The summed E-state index contributed by atoms with van der Waals surface area (Å²) in [6.45, 7) is 6.05. The third-order valence-electron chi connectivity index (χ3n) is 5.10. The molecule has 0 unspecified atom stereocenters. The lowest BCUT2D eigenvalue weighted by Gasteiger charge is -2.28. The van der Waals surface area contributed by atoms with Gasteiger partial charge in [-0.3, -0.25) is 9.98 Å². The van der Waals surface area contributed by atoms with E-state index in [4.69, 9.17) is 9.72 Å². The van der Waals surface area contributed by atoms with Crippen molar-refractivity contribution in [2.24, 2.45) is 4.99 Å². The first-order valence-corrected chi connectivity index (χ1v) is 10.1. The molecule has 1 fully saturated rings. The Morgan fingerprint density at radius 3 is 2.81 bits per heavy atom. The fourth-order valence-electron chi connectivity index (χ4n) is 3.66. The molecule has 0 aliphatic carbocycles. The van der Waals surface area contributed by atoms with E-state index in [0.29, 0.717) is 6.54 Å². The number of ether oxygens (including phenoxy) is 1. The largest absolute Gasteiger partial charge is 0.378 e. The number of anilines is 1. The lowest BCUT2D eigenvalue weighted by Crippen LogP contribution is -2.36. The second-order valence-electron chi connectivity index (χ2n) is 6.80. The van der Waals surface area contributed by atoms with Crippen LogP contribution in [0.2, 0.25) is 0 Å². The van der Waals surface area contributed by atoms with Crippen LogP contribution >= 0.6 is 11.3 Å². The summed E-state index contributed by atoms with van der Waals surface area (Å²) in [6, 6.07) is 6.49. The monoisotopic (exact) mass is 376 g/mol. The third-order valence-corrected chi connectivity index (χ3v) is 6.15. The molecule has 3 aromatic rings. The van der Waals surface area contributed by atoms with Crippen molar-refractivity contribution in [2.45, 2.75) is 6.92 Å². The van der Waals surface area contributed by atoms with Crippen LogP contribution in [0.1, 0.15) is 11.3 Å².